The summed E-state index contributed by atoms with van der Waals surface area (Å²) in [4.78, 5) is 2.33. The van der Waals surface area contributed by atoms with E-state index in [2.05, 4.69) is 10.2 Å². The largest absolute Gasteiger partial charge is 0.394 e. The van der Waals surface area contributed by atoms with Crippen molar-refractivity contribution in [3.63, 3.8) is 0 Å². The maximum absolute atomic E-state index is 9.42. The molecule has 2 bridgehead atoms. The van der Waals surface area contributed by atoms with Crippen molar-refractivity contribution >= 4 is 0 Å². The van der Waals surface area contributed by atoms with E-state index in [0.29, 0.717) is 18.6 Å². The molecule has 3 aliphatic rings. The molecule has 0 radical (unpaired) electrons. The van der Waals surface area contributed by atoms with Crippen LogP contribution in [0.2, 0.25) is 0 Å². The van der Waals surface area contributed by atoms with E-state index in [4.69, 9.17) is 5.11 Å². The minimum atomic E-state index is -0.575. The summed E-state index contributed by atoms with van der Waals surface area (Å²) in [7, 11) is 0. The van der Waals surface area contributed by atoms with Gasteiger partial charge in [0, 0.05) is 25.2 Å². The highest BCUT2D eigenvalue weighted by Crippen LogP contribution is 2.23. The third-order valence-corrected chi connectivity index (χ3v) is 3.39. The Balaban J connectivity index is 1.92. The summed E-state index contributed by atoms with van der Waals surface area (Å²) < 4.78 is 0. The summed E-state index contributed by atoms with van der Waals surface area (Å²) in [6, 6.07) is 1.21. The highest BCUT2D eigenvalue weighted by atomic mass is 16.3. The van der Waals surface area contributed by atoms with Crippen LogP contribution < -0.4 is 5.32 Å². The Bertz CT molecular complexity index is 185. The minimum Gasteiger partial charge on any atom is -0.394 e. The first kappa shape index (κ1) is 10.4. The lowest BCUT2D eigenvalue weighted by molar-refractivity contribution is 0.0323. The van der Waals surface area contributed by atoms with Crippen LogP contribution >= 0.6 is 0 Å². The molecule has 0 aliphatic carbocycles. The number of rotatable bonds is 3. The number of hydrogen-bond acceptors (Lipinski definition) is 4. The van der Waals surface area contributed by atoms with Crippen molar-refractivity contribution in [3.05, 3.63) is 0 Å². The Hall–Kier alpha value is -0.160. The summed E-state index contributed by atoms with van der Waals surface area (Å²) in [6.07, 6.45) is 3.09. The van der Waals surface area contributed by atoms with Crippen LogP contribution in [-0.4, -0.2) is 59.5 Å². The molecule has 3 aliphatic heterocycles. The fraction of sp³-hybridized carbons (Fsp3) is 1.00. The highest BCUT2D eigenvalue weighted by molar-refractivity contribution is 4.90. The number of piperidine rings is 1. The molecule has 0 aromatic rings. The second-order valence-electron chi connectivity index (χ2n) is 4.46. The van der Waals surface area contributed by atoms with Gasteiger partial charge < -0.3 is 15.5 Å². The van der Waals surface area contributed by atoms with Crippen molar-refractivity contribution < 1.29 is 10.2 Å². The molecular weight excluding hydrogens is 180 g/mol. The van der Waals surface area contributed by atoms with Crippen LogP contribution in [0.25, 0.3) is 0 Å². The Kier molecular flexibility index (Phi) is 3.38. The summed E-state index contributed by atoms with van der Waals surface area (Å²) in [5.74, 6) is 0. The molecule has 4 nitrogen and oxygen atoms in total. The van der Waals surface area contributed by atoms with Gasteiger partial charge in [-0.2, -0.15) is 0 Å². The van der Waals surface area contributed by atoms with E-state index in [1.54, 1.807) is 0 Å². The second kappa shape index (κ2) is 4.57. The topological polar surface area (TPSA) is 55.7 Å². The zero-order valence-electron chi connectivity index (χ0n) is 8.52. The zero-order valence-corrected chi connectivity index (χ0v) is 8.52. The van der Waals surface area contributed by atoms with Gasteiger partial charge >= 0.3 is 0 Å². The molecule has 0 aromatic carbocycles. The van der Waals surface area contributed by atoms with E-state index >= 15 is 0 Å². The number of hydrogen-bond donors (Lipinski definition) is 3. The molecule has 0 saturated carbocycles. The van der Waals surface area contributed by atoms with Gasteiger partial charge in [0.2, 0.25) is 0 Å². The Morgan fingerprint density at radius 2 is 2.21 bits per heavy atom. The van der Waals surface area contributed by atoms with Crippen LogP contribution in [0.3, 0.4) is 0 Å². The Labute approximate surface area is 84.9 Å². The van der Waals surface area contributed by atoms with Crippen molar-refractivity contribution in [2.45, 2.75) is 37.5 Å². The molecule has 14 heavy (non-hydrogen) atoms. The first-order chi connectivity index (χ1) is 6.79. The van der Waals surface area contributed by atoms with Crippen molar-refractivity contribution in [2.75, 3.05) is 26.2 Å². The minimum absolute atomic E-state index is 0.124. The molecule has 0 amide bonds. The smallest absolute Gasteiger partial charge is 0.0897 e. The van der Waals surface area contributed by atoms with Crippen molar-refractivity contribution in [1.82, 2.24) is 10.2 Å². The third-order valence-electron chi connectivity index (χ3n) is 3.39. The molecular formula is C10H20N2O2. The van der Waals surface area contributed by atoms with Crippen molar-refractivity contribution in [2.24, 2.45) is 0 Å². The van der Waals surface area contributed by atoms with Crippen LogP contribution in [0.15, 0.2) is 0 Å². The predicted octanol–water partition coefficient (Wildman–Crippen LogP) is -0.834. The summed E-state index contributed by atoms with van der Waals surface area (Å²) >= 11 is 0. The lowest BCUT2D eigenvalue weighted by Gasteiger charge is -2.37. The lowest BCUT2D eigenvalue weighted by Crippen LogP contribution is -2.49. The third kappa shape index (κ3) is 2.25. The molecule has 3 heterocycles. The zero-order chi connectivity index (χ0) is 9.97. The highest BCUT2D eigenvalue weighted by Gasteiger charge is 2.31. The normalized spacial score (nSPS) is 35.6. The molecule has 3 unspecified atom stereocenters. The number of aliphatic hydroxyl groups is 2. The second-order valence-corrected chi connectivity index (χ2v) is 4.46. The number of nitrogens with zero attached hydrogens (tertiary/aromatic N) is 1. The molecule has 0 spiro atoms. The molecule has 82 valence electrons. The average molecular weight is 200 g/mol. The number of fused-ring (bicyclic) bond motifs is 4. The van der Waals surface area contributed by atoms with Crippen LogP contribution in [-0.2, 0) is 0 Å². The fourth-order valence-electron chi connectivity index (χ4n) is 2.60. The Morgan fingerprint density at radius 3 is 3.00 bits per heavy atom. The van der Waals surface area contributed by atoms with Crippen LogP contribution in [0, 0.1) is 0 Å². The summed E-state index contributed by atoms with van der Waals surface area (Å²) in [5, 5.41) is 21.7. The van der Waals surface area contributed by atoms with Crippen LogP contribution in [0.4, 0.5) is 0 Å². The molecule has 4 heteroatoms. The van der Waals surface area contributed by atoms with Gasteiger partial charge in [-0.3, -0.25) is 4.90 Å². The SMILES string of the molecule is OCC(O)CN1CC2CCC1CCN2. The quantitative estimate of drug-likeness (QED) is 0.556. The van der Waals surface area contributed by atoms with Crippen molar-refractivity contribution in [1.29, 1.82) is 0 Å². The van der Waals surface area contributed by atoms with Gasteiger partial charge in [-0.25, -0.2) is 0 Å². The van der Waals surface area contributed by atoms with Gasteiger partial charge in [0.15, 0.2) is 0 Å². The van der Waals surface area contributed by atoms with Crippen molar-refractivity contribution in [3.8, 4) is 0 Å². The van der Waals surface area contributed by atoms with Gasteiger partial charge in [0.05, 0.1) is 12.7 Å². The predicted molar refractivity (Wildman–Crippen MR) is 54.1 cm³/mol. The maximum atomic E-state index is 9.42. The van der Waals surface area contributed by atoms with E-state index in [1.807, 2.05) is 0 Å². The first-order valence-corrected chi connectivity index (χ1v) is 5.56. The molecule has 3 rings (SSSR count). The fourth-order valence-corrected chi connectivity index (χ4v) is 2.60. The van der Waals surface area contributed by atoms with E-state index in [0.717, 1.165) is 13.1 Å². The van der Waals surface area contributed by atoms with Crippen LogP contribution in [0.5, 0.6) is 0 Å². The monoisotopic (exact) mass is 200 g/mol. The average Bonchev–Trinajstić information content (AvgIpc) is 2.52. The molecule has 3 N–H and O–H groups in total. The molecule has 0 aromatic heterocycles. The molecule has 3 atom stereocenters. The van der Waals surface area contributed by atoms with E-state index in [9.17, 15) is 5.11 Å². The molecule has 3 fully saturated rings. The number of aliphatic hydroxyl groups excluding tert-OH is 2. The maximum Gasteiger partial charge on any atom is 0.0897 e. The summed E-state index contributed by atoms with van der Waals surface area (Å²) in [6.45, 7) is 2.63. The standard InChI is InChI=1S/C10H20N2O2/c13-7-10(14)6-12-5-8-1-2-9(12)3-4-11-8/h8-11,13-14H,1-7H2. The van der Waals surface area contributed by atoms with E-state index in [1.165, 1.54) is 19.3 Å². The lowest BCUT2D eigenvalue weighted by atomic mass is 9.98. The Morgan fingerprint density at radius 1 is 1.36 bits per heavy atom. The van der Waals surface area contributed by atoms with E-state index in [-0.39, 0.29) is 6.61 Å². The van der Waals surface area contributed by atoms with E-state index < -0.39 is 6.10 Å². The van der Waals surface area contributed by atoms with Gasteiger partial charge in [-0.05, 0) is 25.8 Å². The van der Waals surface area contributed by atoms with Crippen LogP contribution in [0.1, 0.15) is 19.3 Å². The number of nitrogens with one attached hydrogen (secondary N) is 1. The van der Waals surface area contributed by atoms with Gasteiger partial charge in [-0.1, -0.05) is 0 Å². The first-order valence-electron chi connectivity index (χ1n) is 5.56. The van der Waals surface area contributed by atoms with Gasteiger partial charge in [0.25, 0.3) is 0 Å². The van der Waals surface area contributed by atoms with Gasteiger partial charge in [-0.15, -0.1) is 0 Å². The summed E-state index contributed by atoms with van der Waals surface area (Å²) in [5.41, 5.74) is 0. The van der Waals surface area contributed by atoms with Gasteiger partial charge in [0.1, 0.15) is 0 Å². The molecule has 3 saturated heterocycles.